The quantitative estimate of drug-likeness (QED) is 0.474. The topological polar surface area (TPSA) is 66.0 Å². The van der Waals surface area contributed by atoms with Crippen LogP contribution >= 0.6 is 23.2 Å². The van der Waals surface area contributed by atoms with Gasteiger partial charge < -0.3 is 15.5 Å². The molecule has 156 valence electrons. The summed E-state index contributed by atoms with van der Waals surface area (Å²) in [6, 6.07) is 15.6. The van der Waals surface area contributed by atoms with Crippen molar-refractivity contribution in [3.8, 4) is 0 Å². The van der Waals surface area contributed by atoms with E-state index in [1.165, 1.54) is 6.42 Å². The van der Waals surface area contributed by atoms with Gasteiger partial charge >= 0.3 is 0 Å². The highest BCUT2D eigenvalue weighted by molar-refractivity contribution is 6.31. The first-order chi connectivity index (χ1) is 14.5. The van der Waals surface area contributed by atoms with Crippen molar-refractivity contribution < 1.29 is 0 Å². The van der Waals surface area contributed by atoms with Crippen LogP contribution in [0, 0.1) is 0 Å². The first-order valence-electron chi connectivity index (χ1n) is 10.1. The molecule has 2 heterocycles. The molecule has 0 saturated carbocycles. The van der Waals surface area contributed by atoms with Crippen molar-refractivity contribution in [3.05, 3.63) is 58.6 Å². The van der Waals surface area contributed by atoms with E-state index in [0.29, 0.717) is 40.0 Å². The van der Waals surface area contributed by atoms with Crippen LogP contribution in [-0.2, 0) is 0 Å². The van der Waals surface area contributed by atoms with Crippen molar-refractivity contribution in [1.29, 1.82) is 0 Å². The third-order valence-electron chi connectivity index (χ3n) is 5.21. The smallest absolute Gasteiger partial charge is 0.233 e. The molecule has 1 aliphatic heterocycles. The van der Waals surface area contributed by atoms with E-state index < -0.39 is 0 Å². The van der Waals surface area contributed by atoms with Gasteiger partial charge in [0.1, 0.15) is 0 Å². The van der Waals surface area contributed by atoms with E-state index in [9.17, 15) is 0 Å². The summed E-state index contributed by atoms with van der Waals surface area (Å²) >= 11 is 12.3. The Bertz CT molecular complexity index is 952. The van der Waals surface area contributed by atoms with E-state index in [4.69, 9.17) is 33.2 Å². The molecular weight excluding hydrogens is 419 g/mol. The zero-order valence-electron chi connectivity index (χ0n) is 16.9. The summed E-state index contributed by atoms with van der Waals surface area (Å²) in [4.78, 5) is 16.3. The molecule has 1 aliphatic rings. The number of nitrogens with one attached hydrogen (secondary N) is 2. The Morgan fingerprint density at radius 3 is 1.77 bits per heavy atom. The van der Waals surface area contributed by atoms with Crippen LogP contribution < -0.4 is 15.5 Å². The summed E-state index contributed by atoms with van der Waals surface area (Å²) in [7, 11) is 0. The monoisotopic (exact) mass is 442 g/mol. The molecule has 0 spiro atoms. The SMILES string of the molecule is C[C@H]1CCC[C@H](C)N1c1nc(Nc2cccc(Cl)c2)nc(Nc2cccc(Cl)c2)n1. The summed E-state index contributed by atoms with van der Waals surface area (Å²) in [5, 5.41) is 7.79. The first-order valence-corrected chi connectivity index (χ1v) is 10.8. The van der Waals surface area contributed by atoms with Crippen LogP contribution in [0.5, 0.6) is 0 Å². The second kappa shape index (κ2) is 9.06. The number of anilines is 5. The molecule has 1 aromatic heterocycles. The molecule has 2 N–H and O–H groups in total. The van der Waals surface area contributed by atoms with E-state index in [1.54, 1.807) is 0 Å². The molecule has 1 saturated heterocycles. The molecule has 2 atom stereocenters. The van der Waals surface area contributed by atoms with E-state index in [1.807, 2.05) is 48.5 Å². The lowest BCUT2D eigenvalue weighted by molar-refractivity contribution is 0.407. The van der Waals surface area contributed by atoms with Crippen LogP contribution in [0.1, 0.15) is 33.1 Å². The molecule has 6 nitrogen and oxygen atoms in total. The molecule has 0 amide bonds. The van der Waals surface area contributed by atoms with Crippen LogP contribution in [0.4, 0.5) is 29.2 Å². The van der Waals surface area contributed by atoms with Gasteiger partial charge in [0.15, 0.2) is 0 Å². The lowest BCUT2D eigenvalue weighted by Gasteiger charge is -2.39. The third-order valence-corrected chi connectivity index (χ3v) is 5.68. The van der Waals surface area contributed by atoms with E-state index in [-0.39, 0.29) is 0 Å². The average molecular weight is 443 g/mol. The first kappa shape index (κ1) is 20.7. The molecule has 2 aromatic carbocycles. The predicted octanol–water partition coefficient (Wildman–Crippen LogP) is 6.43. The Balaban J connectivity index is 1.71. The van der Waals surface area contributed by atoms with Crippen LogP contribution in [0.15, 0.2) is 48.5 Å². The van der Waals surface area contributed by atoms with Crippen LogP contribution in [0.3, 0.4) is 0 Å². The van der Waals surface area contributed by atoms with Crippen molar-refractivity contribution in [2.75, 3.05) is 15.5 Å². The van der Waals surface area contributed by atoms with Gasteiger partial charge in [-0.3, -0.25) is 0 Å². The number of rotatable bonds is 5. The zero-order valence-corrected chi connectivity index (χ0v) is 18.5. The number of piperidine rings is 1. The fourth-order valence-corrected chi connectivity index (χ4v) is 4.18. The lowest BCUT2D eigenvalue weighted by Crippen LogP contribution is -2.45. The van der Waals surface area contributed by atoms with Gasteiger partial charge in [-0.25, -0.2) is 0 Å². The minimum Gasteiger partial charge on any atom is -0.335 e. The van der Waals surface area contributed by atoms with Gasteiger partial charge in [-0.15, -0.1) is 0 Å². The molecule has 0 bridgehead atoms. The predicted molar refractivity (Wildman–Crippen MR) is 125 cm³/mol. The van der Waals surface area contributed by atoms with Crippen LogP contribution in [0.2, 0.25) is 10.0 Å². The van der Waals surface area contributed by atoms with Gasteiger partial charge in [0, 0.05) is 33.5 Å². The maximum absolute atomic E-state index is 6.13. The summed E-state index contributed by atoms with van der Waals surface area (Å²) in [5.41, 5.74) is 1.63. The minimum atomic E-state index is 0.356. The maximum Gasteiger partial charge on any atom is 0.233 e. The average Bonchev–Trinajstić information content (AvgIpc) is 2.68. The number of hydrogen-bond acceptors (Lipinski definition) is 6. The molecular formula is C22H24Cl2N6. The third kappa shape index (κ3) is 4.94. The zero-order chi connectivity index (χ0) is 21.1. The molecule has 8 heteroatoms. The number of aromatic nitrogens is 3. The van der Waals surface area contributed by atoms with Crippen molar-refractivity contribution >= 4 is 52.4 Å². The van der Waals surface area contributed by atoms with E-state index >= 15 is 0 Å². The Morgan fingerprint density at radius 1 is 0.800 bits per heavy atom. The summed E-state index contributed by atoms with van der Waals surface area (Å²) in [6.07, 6.45) is 3.44. The minimum absolute atomic E-state index is 0.356. The number of nitrogens with zero attached hydrogens (tertiary/aromatic N) is 4. The fraction of sp³-hybridized carbons (Fsp3) is 0.318. The highest BCUT2D eigenvalue weighted by Crippen LogP contribution is 2.29. The maximum atomic E-state index is 6.13. The second-order valence-corrected chi connectivity index (χ2v) is 8.46. The van der Waals surface area contributed by atoms with Gasteiger partial charge in [-0.05, 0) is 69.5 Å². The van der Waals surface area contributed by atoms with E-state index in [0.717, 1.165) is 24.2 Å². The molecule has 3 aromatic rings. The molecule has 4 rings (SSSR count). The Kier molecular flexibility index (Phi) is 6.25. The normalized spacial score (nSPS) is 18.9. The second-order valence-electron chi connectivity index (χ2n) is 7.59. The van der Waals surface area contributed by atoms with Gasteiger partial charge in [0.2, 0.25) is 17.8 Å². The fourth-order valence-electron chi connectivity index (χ4n) is 3.80. The molecule has 0 unspecified atom stereocenters. The molecule has 1 fully saturated rings. The summed E-state index contributed by atoms with van der Waals surface area (Å²) < 4.78 is 0. The molecule has 0 radical (unpaired) electrons. The van der Waals surface area contributed by atoms with Crippen LogP contribution in [0.25, 0.3) is 0 Å². The van der Waals surface area contributed by atoms with Crippen molar-refractivity contribution in [1.82, 2.24) is 15.0 Å². The highest BCUT2D eigenvalue weighted by atomic mass is 35.5. The summed E-state index contributed by atoms with van der Waals surface area (Å²) in [5.74, 6) is 1.56. The van der Waals surface area contributed by atoms with Crippen molar-refractivity contribution in [2.45, 2.75) is 45.2 Å². The van der Waals surface area contributed by atoms with Crippen molar-refractivity contribution in [2.24, 2.45) is 0 Å². The van der Waals surface area contributed by atoms with Gasteiger partial charge in [-0.1, -0.05) is 35.3 Å². The Hall–Kier alpha value is -2.57. The highest BCUT2D eigenvalue weighted by Gasteiger charge is 2.28. The molecule has 0 aliphatic carbocycles. The molecule has 30 heavy (non-hydrogen) atoms. The Labute approximate surface area is 186 Å². The number of hydrogen-bond donors (Lipinski definition) is 2. The standard InChI is InChI=1S/C22H24Cl2N6/c1-14-6-3-7-15(2)30(14)22-28-20(25-18-10-4-8-16(23)12-18)27-21(29-22)26-19-11-5-9-17(24)13-19/h4-5,8-15H,3,6-7H2,1-2H3,(H2,25,26,27,28,29)/t14-,15-/m0/s1. The van der Waals surface area contributed by atoms with Crippen LogP contribution in [-0.4, -0.2) is 27.0 Å². The number of benzene rings is 2. The summed E-state index contributed by atoms with van der Waals surface area (Å²) in [6.45, 7) is 4.43. The van der Waals surface area contributed by atoms with E-state index in [2.05, 4.69) is 34.4 Å². The Morgan fingerprint density at radius 2 is 1.30 bits per heavy atom. The van der Waals surface area contributed by atoms with Gasteiger partial charge in [-0.2, -0.15) is 15.0 Å². The largest absolute Gasteiger partial charge is 0.335 e. The lowest BCUT2D eigenvalue weighted by atomic mass is 9.98. The number of halogens is 2. The van der Waals surface area contributed by atoms with Gasteiger partial charge in [0.25, 0.3) is 0 Å². The van der Waals surface area contributed by atoms with Crippen molar-refractivity contribution in [3.63, 3.8) is 0 Å². The van der Waals surface area contributed by atoms with Gasteiger partial charge in [0.05, 0.1) is 0 Å².